The van der Waals surface area contributed by atoms with E-state index in [9.17, 15) is 4.79 Å². The van der Waals surface area contributed by atoms with Crippen LogP contribution in [0, 0.1) is 13.8 Å². The van der Waals surface area contributed by atoms with Crippen molar-refractivity contribution in [3.8, 4) is 22.1 Å². The average molecular weight is 394 g/mol. The first-order valence-corrected chi connectivity index (χ1v) is 10.1. The number of nitrogens with one attached hydrogen (secondary N) is 1. The number of thiazole rings is 1. The van der Waals surface area contributed by atoms with Crippen LogP contribution in [0.4, 0.5) is 0 Å². The van der Waals surface area contributed by atoms with Crippen LogP contribution in [0.5, 0.6) is 11.5 Å². The Kier molecular flexibility index (Phi) is 5.05. The van der Waals surface area contributed by atoms with Gasteiger partial charge in [-0.15, -0.1) is 11.3 Å². The smallest absolute Gasteiger partial charge is 0.271 e. The number of aromatic nitrogens is 1. The van der Waals surface area contributed by atoms with Crippen LogP contribution >= 0.6 is 11.3 Å². The van der Waals surface area contributed by atoms with E-state index in [4.69, 9.17) is 9.47 Å². The van der Waals surface area contributed by atoms with Gasteiger partial charge in [-0.05, 0) is 31.5 Å². The summed E-state index contributed by atoms with van der Waals surface area (Å²) in [5.41, 5.74) is 4.60. The SMILES string of the molecule is COc1ccccc1-c1nc(C(=O)NC2CCOc3c(C)cc(C)cc32)cs1. The summed E-state index contributed by atoms with van der Waals surface area (Å²) < 4.78 is 11.2. The number of carbonyl (C=O) groups excluding carboxylic acids is 1. The van der Waals surface area contributed by atoms with Gasteiger partial charge in [0.25, 0.3) is 5.91 Å². The molecule has 3 aromatic rings. The molecule has 0 bridgehead atoms. The Hall–Kier alpha value is -2.86. The lowest BCUT2D eigenvalue weighted by Gasteiger charge is -2.28. The second kappa shape index (κ2) is 7.64. The van der Waals surface area contributed by atoms with Gasteiger partial charge >= 0.3 is 0 Å². The predicted octanol–water partition coefficient (Wildman–Crippen LogP) is 4.69. The van der Waals surface area contributed by atoms with Crippen molar-refractivity contribution in [2.24, 2.45) is 0 Å². The van der Waals surface area contributed by atoms with E-state index >= 15 is 0 Å². The monoisotopic (exact) mass is 394 g/mol. The van der Waals surface area contributed by atoms with E-state index in [-0.39, 0.29) is 11.9 Å². The van der Waals surface area contributed by atoms with Gasteiger partial charge in [-0.1, -0.05) is 29.8 Å². The summed E-state index contributed by atoms with van der Waals surface area (Å²) in [7, 11) is 1.63. The molecular weight excluding hydrogens is 372 g/mol. The highest BCUT2D eigenvalue weighted by molar-refractivity contribution is 7.13. The molecule has 0 spiro atoms. The van der Waals surface area contributed by atoms with Crippen molar-refractivity contribution in [3.63, 3.8) is 0 Å². The zero-order valence-electron chi connectivity index (χ0n) is 16.1. The van der Waals surface area contributed by atoms with Crippen LogP contribution in [0.3, 0.4) is 0 Å². The van der Waals surface area contributed by atoms with Crippen LogP contribution < -0.4 is 14.8 Å². The maximum Gasteiger partial charge on any atom is 0.271 e. The maximum atomic E-state index is 12.9. The van der Waals surface area contributed by atoms with Crippen molar-refractivity contribution in [3.05, 3.63) is 64.2 Å². The number of carbonyl (C=O) groups is 1. The Morgan fingerprint density at radius 3 is 2.93 bits per heavy atom. The molecule has 1 N–H and O–H groups in total. The predicted molar refractivity (Wildman–Crippen MR) is 110 cm³/mol. The zero-order valence-corrected chi connectivity index (χ0v) is 16.9. The number of rotatable bonds is 4. The second-order valence-electron chi connectivity index (χ2n) is 6.90. The van der Waals surface area contributed by atoms with Gasteiger partial charge < -0.3 is 14.8 Å². The van der Waals surface area contributed by atoms with Crippen molar-refractivity contribution < 1.29 is 14.3 Å². The van der Waals surface area contributed by atoms with Crippen LogP contribution in [-0.2, 0) is 0 Å². The van der Waals surface area contributed by atoms with Crippen LogP contribution in [0.15, 0.2) is 41.8 Å². The van der Waals surface area contributed by atoms with Gasteiger partial charge in [-0.25, -0.2) is 4.98 Å². The Balaban J connectivity index is 1.57. The molecule has 144 valence electrons. The molecule has 4 rings (SSSR count). The largest absolute Gasteiger partial charge is 0.496 e. The van der Waals surface area contributed by atoms with E-state index in [0.717, 1.165) is 45.2 Å². The molecule has 0 saturated carbocycles. The number of aryl methyl sites for hydroxylation is 2. The zero-order chi connectivity index (χ0) is 19.7. The molecule has 2 heterocycles. The molecule has 0 fully saturated rings. The summed E-state index contributed by atoms with van der Waals surface area (Å²) in [5, 5.41) is 5.69. The third kappa shape index (κ3) is 3.47. The Bertz CT molecular complexity index is 1030. The number of ether oxygens (including phenoxy) is 2. The molecule has 1 unspecified atom stereocenters. The number of fused-ring (bicyclic) bond motifs is 1. The molecule has 0 saturated heterocycles. The molecule has 5 nitrogen and oxygen atoms in total. The fourth-order valence-corrected chi connectivity index (χ4v) is 4.41. The molecule has 0 aliphatic carbocycles. The second-order valence-corrected chi connectivity index (χ2v) is 7.76. The minimum Gasteiger partial charge on any atom is -0.496 e. The topological polar surface area (TPSA) is 60.5 Å². The van der Waals surface area contributed by atoms with Gasteiger partial charge in [0.1, 0.15) is 22.2 Å². The van der Waals surface area contributed by atoms with Crippen LogP contribution in [-0.4, -0.2) is 24.6 Å². The molecular formula is C22H22N2O3S. The lowest BCUT2D eigenvalue weighted by atomic mass is 9.95. The number of hydrogen-bond acceptors (Lipinski definition) is 5. The Morgan fingerprint density at radius 1 is 1.29 bits per heavy atom. The van der Waals surface area contributed by atoms with Crippen molar-refractivity contribution >= 4 is 17.2 Å². The first kappa shape index (κ1) is 18.5. The molecule has 28 heavy (non-hydrogen) atoms. The summed E-state index contributed by atoms with van der Waals surface area (Å²) in [6.45, 7) is 4.68. The minimum absolute atomic E-state index is 0.0775. The summed E-state index contributed by atoms with van der Waals surface area (Å²) in [5.74, 6) is 1.46. The highest BCUT2D eigenvalue weighted by Gasteiger charge is 2.26. The van der Waals surface area contributed by atoms with Gasteiger partial charge in [-0.2, -0.15) is 0 Å². The Morgan fingerprint density at radius 2 is 2.11 bits per heavy atom. The van der Waals surface area contributed by atoms with Gasteiger partial charge in [0.05, 0.1) is 25.3 Å². The number of benzene rings is 2. The Labute approximate surface area is 168 Å². The normalized spacial score (nSPS) is 15.5. The molecule has 1 atom stereocenters. The van der Waals surface area contributed by atoms with Gasteiger partial charge in [0, 0.05) is 17.4 Å². The first-order chi connectivity index (χ1) is 13.6. The fraction of sp³-hybridized carbons (Fsp3) is 0.273. The highest BCUT2D eigenvalue weighted by atomic mass is 32.1. The molecule has 2 aromatic carbocycles. The molecule has 1 aliphatic heterocycles. The number of amides is 1. The first-order valence-electron chi connectivity index (χ1n) is 9.20. The highest BCUT2D eigenvalue weighted by Crippen LogP contribution is 2.36. The lowest BCUT2D eigenvalue weighted by Crippen LogP contribution is -2.32. The van der Waals surface area contributed by atoms with Crippen molar-refractivity contribution in [2.45, 2.75) is 26.3 Å². The van der Waals surface area contributed by atoms with E-state index in [1.54, 1.807) is 12.5 Å². The standard InChI is InChI=1S/C22H22N2O3S/c1-13-10-14(2)20-16(11-13)17(8-9-27-20)23-21(25)18-12-28-22(24-18)15-6-4-5-7-19(15)26-3/h4-7,10-12,17H,8-9H2,1-3H3,(H,23,25). The molecule has 6 heteroatoms. The van der Waals surface area contributed by atoms with Crippen molar-refractivity contribution in [1.82, 2.24) is 10.3 Å². The fourth-order valence-electron chi connectivity index (χ4n) is 3.58. The summed E-state index contributed by atoms with van der Waals surface area (Å²) in [6, 6.07) is 11.8. The van der Waals surface area contributed by atoms with E-state index in [0.29, 0.717) is 12.3 Å². The van der Waals surface area contributed by atoms with Gasteiger partial charge in [0.2, 0.25) is 0 Å². The quantitative estimate of drug-likeness (QED) is 0.697. The third-order valence-corrected chi connectivity index (χ3v) is 5.73. The third-order valence-electron chi connectivity index (χ3n) is 4.86. The van der Waals surface area contributed by atoms with E-state index in [1.807, 2.05) is 31.2 Å². The maximum absolute atomic E-state index is 12.9. The van der Waals surface area contributed by atoms with E-state index < -0.39 is 0 Å². The molecule has 1 aliphatic rings. The van der Waals surface area contributed by atoms with E-state index in [1.165, 1.54) is 11.3 Å². The average Bonchev–Trinajstić information content (AvgIpc) is 3.18. The summed E-state index contributed by atoms with van der Waals surface area (Å²) in [4.78, 5) is 17.4. The molecule has 0 radical (unpaired) electrons. The lowest BCUT2D eigenvalue weighted by molar-refractivity contribution is 0.0920. The molecule has 1 amide bonds. The van der Waals surface area contributed by atoms with Crippen molar-refractivity contribution in [2.75, 3.05) is 13.7 Å². The van der Waals surface area contributed by atoms with Crippen LogP contribution in [0.2, 0.25) is 0 Å². The van der Waals surface area contributed by atoms with E-state index in [2.05, 4.69) is 29.4 Å². The van der Waals surface area contributed by atoms with Gasteiger partial charge in [-0.3, -0.25) is 4.79 Å². The van der Waals surface area contributed by atoms with Crippen molar-refractivity contribution in [1.29, 1.82) is 0 Å². The molecule has 1 aromatic heterocycles. The number of hydrogen-bond donors (Lipinski definition) is 1. The van der Waals surface area contributed by atoms with Gasteiger partial charge in [0.15, 0.2) is 0 Å². The number of nitrogens with zero attached hydrogens (tertiary/aromatic N) is 1. The number of para-hydroxylation sites is 1. The van der Waals surface area contributed by atoms with Crippen LogP contribution in [0.25, 0.3) is 10.6 Å². The number of methoxy groups -OCH3 is 1. The summed E-state index contributed by atoms with van der Waals surface area (Å²) >= 11 is 1.44. The summed E-state index contributed by atoms with van der Waals surface area (Å²) in [6.07, 6.45) is 0.741. The van der Waals surface area contributed by atoms with Crippen LogP contribution in [0.1, 0.15) is 39.6 Å². The minimum atomic E-state index is -0.172.